The second kappa shape index (κ2) is 2.46. The largest absolute Gasteiger partial charge is 0.506 e. The van der Waals surface area contributed by atoms with Crippen molar-refractivity contribution in [1.29, 1.82) is 0 Å². The first-order chi connectivity index (χ1) is 5.70. The molecule has 2 N–H and O–H groups in total. The highest BCUT2D eigenvalue weighted by Gasteiger charge is 2.07. The Bertz CT molecular complexity index is 438. The quantitative estimate of drug-likeness (QED) is 0.576. The molecule has 2 nitrogen and oxygen atoms in total. The topological polar surface area (TPSA) is 36.0 Å². The number of hydrogen-bond acceptors (Lipinski definition) is 1. The maximum absolute atomic E-state index is 9.40. The van der Waals surface area contributed by atoms with Crippen LogP contribution in [0, 0.1) is 0 Å². The summed E-state index contributed by atoms with van der Waals surface area (Å²) in [6, 6.07) is 3.82. The van der Waals surface area contributed by atoms with E-state index in [1.165, 1.54) is 6.20 Å². The first-order valence-electron chi connectivity index (χ1n) is 3.65. The highest BCUT2D eigenvalue weighted by molar-refractivity contribution is 6.48. The van der Waals surface area contributed by atoms with Gasteiger partial charge in [-0.05, 0) is 6.07 Å². The van der Waals surface area contributed by atoms with Gasteiger partial charge in [0.05, 0.1) is 10.9 Å². The van der Waals surface area contributed by atoms with Gasteiger partial charge in [-0.3, -0.25) is 0 Å². The zero-order valence-electron chi connectivity index (χ0n) is 6.56. The third-order valence-electron chi connectivity index (χ3n) is 1.96. The van der Waals surface area contributed by atoms with Gasteiger partial charge >= 0.3 is 0 Å². The fourth-order valence-electron chi connectivity index (χ4n) is 1.27. The average molecular weight is 179 g/mol. The molecule has 12 heavy (non-hydrogen) atoms. The molecular formula is C8H7BClNO. The Morgan fingerprint density at radius 3 is 2.92 bits per heavy atom. The van der Waals surface area contributed by atoms with Crippen LogP contribution in [0.5, 0.6) is 5.75 Å². The summed E-state index contributed by atoms with van der Waals surface area (Å²) in [6.45, 7) is 0. The van der Waals surface area contributed by atoms with E-state index in [0.717, 1.165) is 11.0 Å². The molecule has 0 fully saturated rings. The molecule has 2 aromatic rings. The Kier molecular flexibility index (Phi) is 1.55. The Hall–Kier alpha value is -1.09. The van der Waals surface area contributed by atoms with Crippen LogP contribution in [0.1, 0.15) is 0 Å². The van der Waals surface area contributed by atoms with Crippen molar-refractivity contribution in [3.63, 3.8) is 0 Å². The van der Waals surface area contributed by atoms with Crippen molar-refractivity contribution < 1.29 is 5.11 Å². The lowest BCUT2D eigenvalue weighted by molar-refractivity contribution is 0.481. The Morgan fingerprint density at radius 1 is 1.42 bits per heavy atom. The lowest BCUT2D eigenvalue weighted by Crippen LogP contribution is -2.02. The summed E-state index contributed by atoms with van der Waals surface area (Å²) < 4.78 is 0. The van der Waals surface area contributed by atoms with Crippen LogP contribution in [0.4, 0.5) is 0 Å². The van der Waals surface area contributed by atoms with Gasteiger partial charge in [0.1, 0.15) is 13.6 Å². The van der Waals surface area contributed by atoms with Crippen LogP contribution in [0.3, 0.4) is 0 Å². The number of fused-ring (bicyclic) bond motifs is 1. The third kappa shape index (κ3) is 0.900. The number of nitrogens with one attached hydrogen (secondary N) is 1. The summed E-state index contributed by atoms with van der Waals surface area (Å²) in [5.41, 5.74) is 1.84. The molecular weight excluding hydrogens is 172 g/mol. The normalized spacial score (nSPS) is 10.8. The van der Waals surface area contributed by atoms with Crippen LogP contribution in [0.25, 0.3) is 10.9 Å². The number of hydrogen-bond donors (Lipinski definition) is 2. The summed E-state index contributed by atoms with van der Waals surface area (Å²) >= 11 is 5.99. The Morgan fingerprint density at radius 2 is 2.17 bits per heavy atom. The third-order valence-corrected chi connectivity index (χ3v) is 2.44. The number of rotatable bonds is 0. The fraction of sp³-hybridized carbons (Fsp3) is 0. The van der Waals surface area contributed by atoms with Crippen LogP contribution < -0.4 is 5.46 Å². The van der Waals surface area contributed by atoms with Gasteiger partial charge in [-0.25, -0.2) is 0 Å². The predicted molar refractivity (Wildman–Crippen MR) is 53.2 cm³/mol. The molecule has 0 atom stereocenters. The molecule has 0 amide bonds. The van der Waals surface area contributed by atoms with Crippen molar-refractivity contribution in [2.75, 3.05) is 0 Å². The van der Waals surface area contributed by atoms with Gasteiger partial charge in [0, 0.05) is 11.2 Å². The van der Waals surface area contributed by atoms with Crippen LogP contribution in [-0.2, 0) is 0 Å². The smallest absolute Gasteiger partial charge is 0.142 e. The van der Waals surface area contributed by atoms with Gasteiger partial charge in [-0.15, -0.1) is 0 Å². The molecule has 0 saturated heterocycles. The number of H-pyrrole nitrogens is 1. The fourth-order valence-corrected chi connectivity index (χ4v) is 1.53. The summed E-state index contributed by atoms with van der Waals surface area (Å²) in [5.74, 6) is 0.207. The molecule has 0 bridgehead atoms. The van der Waals surface area contributed by atoms with E-state index in [4.69, 9.17) is 11.6 Å². The van der Waals surface area contributed by atoms with E-state index in [-0.39, 0.29) is 5.75 Å². The van der Waals surface area contributed by atoms with E-state index in [1.807, 2.05) is 20.0 Å². The van der Waals surface area contributed by atoms with E-state index in [2.05, 4.69) is 4.98 Å². The molecule has 60 valence electrons. The van der Waals surface area contributed by atoms with E-state index < -0.39 is 0 Å². The van der Waals surface area contributed by atoms with E-state index in [0.29, 0.717) is 10.4 Å². The monoisotopic (exact) mass is 179 g/mol. The zero-order chi connectivity index (χ0) is 8.72. The summed E-state index contributed by atoms with van der Waals surface area (Å²) in [4.78, 5) is 2.92. The van der Waals surface area contributed by atoms with Crippen molar-refractivity contribution in [2.24, 2.45) is 0 Å². The molecule has 4 heteroatoms. The maximum Gasteiger partial charge on any atom is 0.142 e. The second-order valence-electron chi connectivity index (χ2n) is 2.79. The van der Waals surface area contributed by atoms with Gasteiger partial charge in [-0.2, -0.15) is 0 Å². The predicted octanol–water partition coefficient (Wildman–Crippen LogP) is 0.785. The summed E-state index contributed by atoms with van der Waals surface area (Å²) in [6.07, 6.45) is 1.54. The van der Waals surface area contributed by atoms with Crippen molar-refractivity contribution in [2.45, 2.75) is 0 Å². The van der Waals surface area contributed by atoms with Crippen LogP contribution in [-0.4, -0.2) is 17.9 Å². The molecule has 0 unspecified atom stereocenters. The standard InChI is InChI=1S/C8H7BClNO/c9-4-1-2-5-7(8(4)10)6(12)3-11-5/h1-3,11-12H,9H2. The van der Waals surface area contributed by atoms with Crippen molar-refractivity contribution in [3.05, 3.63) is 23.4 Å². The molecule has 0 aliphatic carbocycles. The molecule has 0 saturated carbocycles. The number of aromatic hydroxyl groups is 1. The minimum atomic E-state index is 0.207. The minimum absolute atomic E-state index is 0.207. The number of halogens is 1. The molecule has 1 heterocycles. The van der Waals surface area contributed by atoms with E-state index in [1.54, 1.807) is 0 Å². The first-order valence-corrected chi connectivity index (χ1v) is 4.03. The minimum Gasteiger partial charge on any atom is -0.506 e. The average Bonchev–Trinajstić information content (AvgIpc) is 2.41. The summed E-state index contributed by atoms with van der Waals surface area (Å²) in [7, 11) is 1.91. The molecule has 0 spiro atoms. The SMILES string of the molecule is Bc1ccc2[nH]cc(O)c2c1Cl. The van der Waals surface area contributed by atoms with Crippen LogP contribution in [0.2, 0.25) is 5.02 Å². The van der Waals surface area contributed by atoms with Gasteiger partial charge < -0.3 is 10.1 Å². The highest BCUT2D eigenvalue weighted by atomic mass is 35.5. The molecule has 0 aliphatic rings. The molecule has 1 aromatic heterocycles. The first kappa shape index (κ1) is 7.56. The van der Waals surface area contributed by atoms with Crippen LogP contribution >= 0.6 is 11.6 Å². The van der Waals surface area contributed by atoms with Crippen LogP contribution in [0.15, 0.2) is 18.3 Å². The second-order valence-corrected chi connectivity index (χ2v) is 3.17. The van der Waals surface area contributed by atoms with Crippen molar-refractivity contribution in [3.8, 4) is 5.75 Å². The number of benzene rings is 1. The maximum atomic E-state index is 9.40. The van der Waals surface area contributed by atoms with Crippen molar-refractivity contribution in [1.82, 2.24) is 4.98 Å². The Balaban J connectivity index is 2.96. The van der Waals surface area contributed by atoms with Gasteiger partial charge in [0.2, 0.25) is 0 Å². The van der Waals surface area contributed by atoms with E-state index in [9.17, 15) is 5.11 Å². The van der Waals surface area contributed by atoms with Gasteiger partial charge in [0.25, 0.3) is 0 Å². The van der Waals surface area contributed by atoms with Crippen molar-refractivity contribution >= 4 is 35.8 Å². The molecule has 0 radical (unpaired) electrons. The lowest BCUT2D eigenvalue weighted by Gasteiger charge is -1.98. The highest BCUT2D eigenvalue weighted by Crippen LogP contribution is 2.29. The lowest BCUT2D eigenvalue weighted by atomic mass is 9.95. The Labute approximate surface area is 75.6 Å². The molecule has 2 rings (SSSR count). The van der Waals surface area contributed by atoms with Gasteiger partial charge in [-0.1, -0.05) is 23.1 Å². The summed E-state index contributed by atoms with van der Waals surface area (Å²) in [5, 5.41) is 10.7. The van der Waals surface area contributed by atoms with Gasteiger partial charge in [0.15, 0.2) is 0 Å². The zero-order valence-corrected chi connectivity index (χ0v) is 7.31. The molecule has 1 aromatic carbocycles. The number of aromatic amines is 1. The van der Waals surface area contributed by atoms with E-state index >= 15 is 0 Å². The molecule has 0 aliphatic heterocycles. The number of aromatic nitrogens is 1.